The number of hydrogen-bond acceptors (Lipinski definition) is 5. The Balaban J connectivity index is 1.15. The fourth-order valence-corrected chi connectivity index (χ4v) is 3.92. The van der Waals surface area contributed by atoms with E-state index in [0.29, 0.717) is 27.2 Å². The predicted molar refractivity (Wildman–Crippen MR) is 149 cm³/mol. The molecule has 0 saturated carbocycles. The van der Waals surface area contributed by atoms with E-state index >= 15 is 0 Å². The Morgan fingerprint density at radius 1 is 0.711 bits per heavy atom. The zero-order valence-corrected chi connectivity index (χ0v) is 21.7. The minimum absolute atomic E-state index is 0.00282. The van der Waals surface area contributed by atoms with Crippen molar-refractivity contribution in [2.75, 3.05) is 17.2 Å². The minimum Gasteiger partial charge on any atom is -0.457 e. The molecule has 4 aromatic rings. The first-order valence-electron chi connectivity index (χ1n) is 11.8. The molecule has 38 heavy (non-hydrogen) atoms. The Hall–Kier alpha value is -4.07. The zero-order valence-electron chi connectivity index (χ0n) is 20.2. The van der Waals surface area contributed by atoms with Gasteiger partial charge in [0.2, 0.25) is 5.91 Å². The number of carbonyl (C=O) groups is 3. The zero-order chi connectivity index (χ0) is 26.9. The van der Waals surface area contributed by atoms with Gasteiger partial charge in [0.25, 0.3) is 5.91 Å². The summed E-state index contributed by atoms with van der Waals surface area (Å²) in [5.74, 6) is -0.0104. The maximum absolute atomic E-state index is 12.2. The van der Waals surface area contributed by atoms with Crippen LogP contribution < -0.4 is 15.4 Å². The van der Waals surface area contributed by atoms with Crippen molar-refractivity contribution in [2.45, 2.75) is 19.3 Å². The number of hydrogen-bond donors (Lipinski definition) is 2. The maximum atomic E-state index is 12.2. The Labute approximate surface area is 229 Å². The van der Waals surface area contributed by atoms with Crippen LogP contribution in [0, 0.1) is 0 Å². The van der Waals surface area contributed by atoms with Gasteiger partial charge >= 0.3 is 5.97 Å². The van der Waals surface area contributed by atoms with Crippen LogP contribution in [0.1, 0.15) is 19.3 Å². The molecule has 0 radical (unpaired) electrons. The highest BCUT2D eigenvalue weighted by Gasteiger charge is 2.11. The summed E-state index contributed by atoms with van der Waals surface area (Å²) in [4.78, 5) is 36.1. The Bertz CT molecular complexity index is 1460. The van der Waals surface area contributed by atoms with E-state index in [1.54, 1.807) is 36.4 Å². The number of halogens is 2. The molecule has 7 nitrogen and oxygen atoms in total. The molecule has 0 aliphatic carbocycles. The third-order valence-corrected chi connectivity index (χ3v) is 6.01. The average Bonchev–Trinajstić information content (AvgIpc) is 2.90. The number of fused-ring (bicyclic) bond motifs is 1. The van der Waals surface area contributed by atoms with Crippen LogP contribution in [-0.4, -0.2) is 24.4 Å². The summed E-state index contributed by atoms with van der Waals surface area (Å²) < 4.78 is 10.9. The lowest BCUT2D eigenvalue weighted by Crippen LogP contribution is -2.21. The maximum Gasteiger partial charge on any atom is 0.306 e. The highest BCUT2D eigenvalue weighted by molar-refractivity contribution is 6.35. The summed E-state index contributed by atoms with van der Waals surface area (Å²) in [5.41, 5.74) is 0.935. The van der Waals surface area contributed by atoms with Crippen molar-refractivity contribution in [1.82, 2.24) is 0 Å². The van der Waals surface area contributed by atoms with Gasteiger partial charge < -0.3 is 20.1 Å². The Kier molecular flexibility index (Phi) is 9.19. The molecule has 0 saturated heterocycles. The van der Waals surface area contributed by atoms with Crippen LogP contribution in [0.5, 0.6) is 11.5 Å². The number of amides is 2. The summed E-state index contributed by atoms with van der Waals surface area (Å²) in [7, 11) is 0. The number of benzene rings is 4. The van der Waals surface area contributed by atoms with Gasteiger partial charge in [-0.25, -0.2) is 0 Å². The molecule has 0 bridgehead atoms. The van der Waals surface area contributed by atoms with E-state index in [-0.39, 0.29) is 25.2 Å². The topological polar surface area (TPSA) is 93.7 Å². The van der Waals surface area contributed by atoms with Crippen LogP contribution in [0.3, 0.4) is 0 Å². The molecule has 0 aromatic heterocycles. The number of carbonyl (C=O) groups excluding carboxylic acids is 3. The molecule has 0 aliphatic rings. The molecule has 0 heterocycles. The van der Waals surface area contributed by atoms with Crippen molar-refractivity contribution in [1.29, 1.82) is 0 Å². The van der Waals surface area contributed by atoms with Crippen molar-refractivity contribution < 1.29 is 23.9 Å². The summed E-state index contributed by atoms with van der Waals surface area (Å²) in [6.07, 6.45) is 0.390. The Morgan fingerprint density at radius 3 is 2.24 bits per heavy atom. The van der Waals surface area contributed by atoms with E-state index < -0.39 is 18.5 Å². The van der Waals surface area contributed by atoms with E-state index in [9.17, 15) is 14.4 Å². The first-order valence-corrected chi connectivity index (χ1v) is 12.6. The van der Waals surface area contributed by atoms with E-state index in [0.717, 1.165) is 16.5 Å². The fourth-order valence-electron chi connectivity index (χ4n) is 3.59. The molecule has 0 spiro atoms. The summed E-state index contributed by atoms with van der Waals surface area (Å²) >= 11 is 11.9. The summed E-state index contributed by atoms with van der Waals surface area (Å²) in [6.45, 7) is -0.471. The van der Waals surface area contributed by atoms with E-state index in [4.69, 9.17) is 32.7 Å². The fraction of sp³-hybridized carbons (Fsp3) is 0.138. The standard InChI is InChI=1S/C29H24Cl2N2O5/c30-21-9-15-25(31)26(17-21)33-28(35)18-37-29(36)7-3-6-27(34)32-22-10-13-23(14-11-22)38-24-12-8-19-4-1-2-5-20(19)16-24/h1-2,4-5,8-17H,3,6-7,18H2,(H,32,34)(H,33,35). The minimum atomic E-state index is -0.583. The van der Waals surface area contributed by atoms with Gasteiger partial charge in [0.05, 0.1) is 10.7 Å². The predicted octanol–water partition coefficient (Wildman–Crippen LogP) is 7.23. The lowest BCUT2D eigenvalue weighted by Gasteiger charge is -2.09. The van der Waals surface area contributed by atoms with Crippen LogP contribution in [0.4, 0.5) is 11.4 Å². The van der Waals surface area contributed by atoms with Crippen LogP contribution in [0.25, 0.3) is 10.8 Å². The molecule has 9 heteroatoms. The van der Waals surface area contributed by atoms with Gasteiger partial charge in [-0.2, -0.15) is 0 Å². The van der Waals surface area contributed by atoms with E-state index in [1.807, 2.05) is 42.5 Å². The van der Waals surface area contributed by atoms with Crippen molar-refractivity contribution >= 4 is 63.1 Å². The average molecular weight is 551 g/mol. The first kappa shape index (κ1) is 27.0. The molecule has 0 fully saturated rings. The number of anilines is 2. The molecule has 0 aliphatic heterocycles. The van der Waals surface area contributed by atoms with Crippen molar-refractivity contribution in [3.05, 3.63) is 95.0 Å². The number of nitrogens with one attached hydrogen (secondary N) is 2. The lowest BCUT2D eigenvalue weighted by molar-refractivity contribution is -0.147. The lowest BCUT2D eigenvalue weighted by atomic mass is 10.1. The molecule has 0 atom stereocenters. The largest absolute Gasteiger partial charge is 0.457 e. The van der Waals surface area contributed by atoms with Crippen LogP contribution in [0.2, 0.25) is 10.0 Å². The monoisotopic (exact) mass is 550 g/mol. The van der Waals surface area contributed by atoms with Gasteiger partial charge in [-0.1, -0.05) is 53.5 Å². The molecular formula is C29H24Cl2N2O5. The number of esters is 1. The third-order valence-electron chi connectivity index (χ3n) is 5.45. The molecule has 0 unspecified atom stereocenters. The van der Waals surface area contributed by atoms with Gasteiger partial charge in [-0.15, -0.1) is 0 Å². The molecular weight excluding hydrogens is 527 g/mol. The van der Waals surface area contributed by atoms with Crippen molar-refractivity contribution in [3.63, 3.8) is 0 Å². The van der Waals surface area contributed by atoms with Gasteiger partial charge in [-0.05, 0) is 71.8 Å². The van der Waals surface area contributed by atoms with Crippen LogP contribution >= 0.6 is 23.2 Å². The first-order chi connectivity index (χ1) is 18.4. The molecule has 2 N–H and O–H groups in total. The third kappa shape index (κ3) is 7.96. The quantitative estimate of drug-likeness (QED) is 0.203. The summed E-state index contributed by atoms with van der Waals surface area (Å²) in [5, 5.41) is 8.25. The van der Waals surface area contributed by atoms with Crippen LogP contribution in [0.15, 0.2) is 84.9 Å². The van der Waals surface area contributed by atoms with Gasteiger partial charge in [-0.3, -0.25) is 14.4 Å². The second-order valence-electron chi connectivity index (χ2n) is 8.37. The molecule has 4 aromatic carbocycles. The Morgan fingerprint density at radius 2 is 1.45 bits per heavy atom. The SMILES string of the molecule is O=C(CCCC(=O)OCC(=O)Nc1cc(Cl)ccc1Cl)Nc1ccc(Oc2ccc3ccccc3c2)cc1. The highest BCUT2D eigenvalue weighted by atomic mass is 35.5. The normalized spacial score (nSPS) is 10.6. The van der Waals surface area contributed by atoms with Gasteiger partial charge in [0, 0.05) is 23.6 Å². The molecule has 2 amide bonds. The van der Waals surface area contributed by atoms with Gasteiger partial charge in [0.15, 0.2) is 6.61 Å². The van der Waals surface area contributed by atoms with Crippen molar-refractivity contribution in [2.24, 2.45) is 0 Å². The van der Waals surface area contributed by atoms with Crippen molar-refractivity contribution in [3.8, 4) is 11.5 Å². The second kappa shape index (κ2) is 12.9. The van der Waals surface area contributed by atoms with Gasteiger partial charge in [0.1, 0.15) is 11.5 Å². The molecule has 4 rings (SSSR count). The van der Waals surface area contributed by atoms with E-state index in [2.05, 4.69) is 10.6 Å². The number of ether oxygens (including phenoxy) is 2. The summed E-state index contributed by atoms with van der Waals surface area (Å²) in [6, 6.07) is 25.6. The van der Waals surface area contributed by atoms with E-state index in [1.165, 1.54) is 6.07 Å². The second-order valence-corrected chi connectivity index (χ2v) is 9.21. The smallest absolute Gasteiger partial charge is 0.306 e. The highest BCUT2D eigenvalue weighted by Crippen LogP contribution is 2.27. The number of rotatable bonds is 10. The molecule has 194 valence electrons. The van der Waals surface area contributed by atoms with Crippen LogP contribution in [-0.2, 0) is 19.1 Å².